The highest BCUT2D eigenvalue weighted by atomic mass is 16.6. The second-order valence-electron chi connectivity index (χ2n) is 4.55. The molecule has 1 heterocycles. The molecule has 1 aromatic heterocycles. The maximum Gasteiger partial charge on any atom is 0.269 e. The van der Waals surface area contributed by atoms with E-state index in [2.05, 4.69) is 10.3 Å². The molecule has 110 valence electrons. The lowest BCUT2D eigenvalue weighted by molar-refractivity contribution is -0.384. The van der Waals surface area contributed by atoms with E-state index in [4.69, 9.17) is 4.74 Å². The average molecular weight is 287 g/mol. The van der Waals surface area contributed by atoms with Crippen molar-refractivity contribution in [2.24, 2.45) is 0 Å². The van der Waals surface area contributed by atoms with E-state index in [0.717, 1.165) is 12.2 Å². The summed E-state index contributed by atoms with van der Waals surface area (Å²) in [4.78, 5) is 14.5. The number of benzene rings is 1. The van der Waals surface area contributed by atoms with Crippen molar-refractivity contribution >= 4 is 5.69 Å². The number of ether oxygens (including phenoxy) is 1. The van der Waals surface area contributed by atoms with Crippen LogP contribution < -0.4 is 10.1 Å². The number of hydrogen-bond donors (Lipinski definition) is 1. The minimum Gasteiger partial charge on any atom is -0.456 e. The number of aromatic nitrogens is 1. The zero-order chi connectivity index (χ0) is 15.2. The Bertz CT molecular complexity index is 597. The van der Waals surface area contributed by atoms with Crippen molar-refractivity contribution in [1.29, 1.82) is 0 Å². The summed E-state index contributed by atoms with van der Waals surface area (Å²) in [5.74, 6) is 1.13. The van der Waals surface area contributed by atoms with Gasteiger partial charge in [-0.05, 0) is 37.7 Å². The van der Waals surface area contributed by atoms with Crippen molar-refractivity contribution in [3.8, 4) is 11.5 Å². The fourth-order valence-electron chi connectivity index (χ4n) is 1.89. The molecule has 0 bridgehead atoms. The summed E-state index contributed by atoms with van der Waals surface area (Å²) in [5.41, 5.74) is 0.975. The monoisotopic (exact) mass is 287 g/mol. The first-order valence-corrected chi connectivity index (χ1v) is 6.71. The van der Waals surface area contributed by atoms with Crippen LogP contribution in [0.5, 0.6) is 11.5 Å². The number of nitro groups is 1. The molecule has 6 nitrogen and oxygen atoms in total. The van der Waals surface area contributed by atoms with Crippen molar-refractivity contribution in [2.75, 3.05) is 6.54 Å². The van der Waals surface area contributed by atoms with Gasteiger partial charge in [-0.25, -0.2) is 0 Å². The van der Waals surface area contributed by atoms with E-state index in [1.165, 1.54) is 12.1 Å². The number of hydrogen-bond acceptors (Lipinski definition) is 5. The minimum absolute atomic E-state index is 0.0373. The van der Waals surface area contributed by atoms with Crippen LogP contribution in [-0.2, 0) is 0 Å². The summed E-state index contributed by atoms with van der Waals surface area (Å²) in [5, 5.41) is 13.9. The first-order valence-electron chi connectivity index (χ1n) is 6.71. The molecule has 0 radical (unpaired) electrons. The molecule has 1 atom stereocenters. The predicted molar refractivity (Wildman–Crippen MR) is 79.5 cm³/mol. The smallest absolute Gasteiger partial charge is 0.269 e. The molecule has 0 amide bonds. The highest BCUT2D eigenvalue weighted by molar-refractivity contribution is 5.38. The van der Waals surface area contributed by atoms with Crippen LogP contribution in [0.25, 0.3) is 0 Å². The molecule has 0 spiro atoms. The molecule has 2 rings (SSSR count). The topological polar surface area (TPSA) is 77.3 Å². The number of nitro benzene ring substituents is 1. The van der Waals surface area contributed by atoms with E-state index in [-0.39, 0.29) is 11.7 Å². The zero-order valence-corrected chi connectivity index (χ0v) is 11.9. The Morgan fingerprint density at radius 1 is 1.24 bits per heavy atom. The Kier molecular flexibility index (Phi) is 4.84. The van der Waals surface area contributed by atoms with Gasteiger partial charge in [0.05, 0.1) is 16.8 Å². The standard InChI is InChI=1S/C15H17N3O3/c1-3-16-11(2)15-9-8-14(10-17-15)21-13-6-4-12(5-7-13)18(19)20/h4-11,16H,3H2,1-2H3. The summed E-state index contributed by atoms with van der Waals surface area (Å²) in [6.45, 7) is 4.97. The Morgan fingerprint density at radius 3 is 2.43 bits per heavy atom. The molecule has 0 saturated heterocycles. The van der Waals surface area contributed by atoms with Gasteiger partial charge in [0.1, 0.15) is 11.5 Å². The van der Waals surface area contributed by atoms with Gasteiger partial charge in [-0.2, -0.15) is 0 Å². The average Bonchev–Trinajstić information content (AvgIpc) is 2.49. The summed E-state index contributed by atoms with van der Waals surface area (Å²) in [7, 11) is 0. The van der Waals surface area contributed by atoms with Crippen LogP contribution in [0.1, 0.15) is 25.6 Å². The molecule has 0 aliphatic heterocycles. The van der Waals surface area contributed by atoms with Gasteiger partial charge in [0, 0.05) is 18.2 Å². The number of nitrogens with one attached hydrogen (secondary N) is 1. The van der Waals surface area contributed by atoms with E-state index >= 15 is 0 Å². The largest absolute Gasteiger partial charge is 0.456 e. The lowest BCUT2D eigenvalue weighted by Crippen LogP contribution is -2.18. The second kappa shape index (κ2) is 6.81. The third kappa shape index (κ3) is 4.00. The van der Waals surface area contributed by atoms with Gasteiger partial charge in [-0.1, -0.05) is 6.92 Å². The first-order chi connectivity index (χ1) is 10.1. The maximum absolute atomic E-state index is 10.6. The fourth-order valence-corrected chi connectivity index (χ4v) is 1.89. The molecule has 2 aromatic rings. The molecule has 0 aliphatic carbocycles. The van der Waals surface area contributed by atoms with Gasteiger partial charge < -0.3 is 10.1 Å². The van der Waals surface area contributed by atoms with Crippen molar-refractivity contribution < 1.29 is 9.66 Å². The van der Waals surface area contributed by atoms with E-state index in [9.17, 15) is 10.1 Å². The van der Waals surface area contributed by atoms with E-state index in [0.29, 0.717) is 11.5 Å². The van der Waals surface area contributed by atoms with Gasteiger partial charge >= 0.3 is 0 Å². The van der Waals surface area contributed by atoms with Gasteiger partial charge in [0.25, 0.3) is 5.69 Å². The molecule has 21 heavy (non-hydrogen) atoms. The maximum atomic E-state index is 10.6. The lowest BCUT2D eigenvalue weighted by atomic mass is 10.2. The van der Waals surface area contributed by atoms with Gasteiger partial charge in [0.15, 0.2) is 0 Å². The van der Waals surface area contributed by atoms with Crippen LogP contribution >= 0.6 is 0 Å². The van der Waals surface area contributed by atoms with Crippen LogP contribution in [0.15, 0.2) is 42.6 Å². The van der Waals surface area contributed by atoms with Crippen molar-refractivity contribution in [1.82, 2.24) is 10.3 Å². The van der Waals surface area contributed by atoms with Crippen LogP contribution in [-0.4, -0.2) is 16.5 Å². The number of nitrogens with zero attached hydrogens (tertiary/aromatic N) is 2. The lowest BCUT2D eigenvalue weighted by Gasteiger charge is -2.12. The van der Waals surface area contributed by atoms with Crippen LogP contribution in [0, 0.1) is 10.1 Å². The molecule has 6 heteroatoms. The highest BCUT2D eigenvalue weighted by Crippen LogP contribution is 2.24. The van der Waals surface area contributed by atoms with Gasteiger partial charge in [-0.3, -0.25) is 15.1 Å². The highest BCUT2D eigenvalue weighted by Gasteiger charge is 2.07. The van der Waals surface area contributed by atoms with Crippen LogP contribution in [0.4, 0.5) is 5.69 Å². The normalized spacial score (nSPS) is 11.9. The predicted octanol–water partition coefficient (Wildman–Crippen LogP) is 3.45. The van der Waals surface area contributed by atoms with Crippen LogP contribution in [0.3, 0.4) is 0 Å². The molecule has 0 saturated carbocycles. The second-order valence-corrected chi connectivity index (χ2v) is 4.55. The molecule has 1 unspecified atom stereocenters. The van der Waals surface area contributed by atoms with E-state index in [1.54, 1.807) is 18.3 Å². The van der Waals surface area contributed by atoms with Crippen molar-refractivity contribution in [3.05, 3.63) is 58.4 Å². The third-order valence-electron chi connectivity index (χ3n) is 3.00. The molecule has 0 aliphatic rings. The molecule has 0 fully saturated rings. The van der Waals surface area contributed by atoms with Crippen molar-refractivity contribution in [3.63, 3.8) is 0 Å². The summed E-state index contributed by atoms with van der Waals surface area (Å²) in [6.07, 6.45) is 1.64. The van der Waals surface area contributed by atoms with Crippen molar-refractivity contribution in [2.45, 2.75) is 19.9 Å². The zero-order valence-electron chi connectivity index (χ0n) is 11.9. The molecular weight excluding hydrogens is 270 g/mol. The first kappa shape index (κ1) is 14.9. The quantitative estimate of drug-likeness (QED) is 0.650. The van der Waals surface area contributed by atoms with Crippen LogP contribution in [0.2, 0.25) is 0 Å². The number of pyridine rings is 1. The Morgan fingerprint density at radius 2 is 1.90 bits per heavy atom. The summed E-state index contributed by atoms with van der Waals surface area (Å²) in [6, 6.07) is 9.85. The van der Waals surface area contributed by atoms with E-state index < -0.39 is 4.92 Å². The molecule has 1 aromatic carbocycles. The summed E-state index contributed by atoms with van der Waals surface area (Å²) < 4.78 is 5.60. The third-order valence-corrected chi connectivity index (χ3v) is 3.00. The number of non-ortho nitro benzene ring substituents is 1. The Balaban J connectivity index is 2.04. The fraction of sp³-hybridized carbons (Fsp3) is 0.267. The number of rotatable bonds is 6. The van der Waals surface area contributed by atoms with E-state index in [1.807, 2.05) is 26.0 Å². The van der Waals surface area contributed by atoms with Gasteiger partial charge in [0.2, 0.25) is 0 Å². The van der Waals surface area contributed by atoms with Gasteiger partial charge in [-0.15, -0.1) is 0 Å². The molecule has 1 N–H and O–H groups in total. The SMILES string of the molecule is CCNC(C)c1ccc(Oc2ccc([N+](=O)[O-])cc2)cn1. The summed E-state index contributed by atoms with van der Waals surface area (Å²) >= 11 is 0. The minimum atomic E-state index is -0.442. The molecular formula is C15H17N3O3. The Hall–Kier alpha value is -2.47. The Labute approximate surface area is 122 Å².